The van der Waals surface area contributed by atoms with Gasteiger partial charge in [-0.15, -0.1) is 0 Å². The third kappa shape index (κ3) is 3.81. The number of hydrogen-bond acceptors (Lipinski definition) is 2. The molecule has 0 bridgehead atoms. The fourth-order valence-corrected chi connectivity index (χ4v) is 2.96. The molecule has 2 rings (SSSR count). The summed E-state index contributed by atoms with van der Waals surface area (Å²) >= 11 is 3.64. The average Bonchev–Trinajstić information content (AvgIpc) is 2.77. The largest absolute Gasteiger partial charge is 0.313 e. The van der Waals surface area contributed by atoms with E-state index in [0.717, 1.165) is 13.1 Å². The van der Waals surface area contributed by atoms with Gasteiger partial charge in [0.05, 0.1) is 0 Å². The highest BCUT2D eigenvalue weighted by Crippen LogP contribution is 2.23. The molecule has 0 spiro atoms. The molecule has 0 saturated carbocycles. The topological polar surface area (TPSA) is 15.3 Å². The van der Waals surface area contributed by atoms with E-state index in [9.17, 15) is 0 Å². The van der Waals surface area contributed by atoms with Gasteiger partial charge in [-0.05, 0) is 31.0 Å². The summed E-state index contributed by atoms with van der Waals surface area (Å²) in [4.78, 5) is 2.61. The third-order valence-electron chi connectivity index (χ3n) is 3.59. The van der Waals surface area contributed by atoms with E-state index in [-0.39, 0.29) is 0 Å². The van der Waals surface area contributed by atoms with Crippen LogP contribution < -0.4 is 5.32 Å². The van der Waals surface area contributed by atoms with Crippen LogP contribution in [-0.4, -0.2) is 30.1 Å². The lowest BCUT2D eigenvalue weighted by molar-refractivity contribution is 0.235. The van der Waals surface area contributed by atoms with E-state index in [1.54, 1.807) is 0 Å². The van der Waals surface area contributed by atoms with Crippen LogP contribution in [0.3, 0.4) is 0 Å². The Bertz CT molecular complexity index is 379. The Hall–Kier alpha value is -0.380. The highest BCUT2D eigenvalue weighted by molar-refractivity contribution is 9.10. The molecule has 3 heteroatoms. The first-order chi connectivity index (χ1) is 8.66. The molecule has 18 heavy (non-hydrogen) atoms. The van der Waals surface area contributed by atoms with Crippen LogP contribution in [0.2, 0.25) is 0 Å². The molecular formula is C15H23BrN2. The molecule has 1 aromatic carbocycles. The van der Waals surface area contributed by atoms with Gasteiger partial charge >= 0.3 is 0 Å². The Morgan fingerprint density at radius 1 is 1.39 bits per heavy atom. The lowest BCUT2D eigenvalue weighted by atomic mass is 10.1. The minimum absolute atomic E-state index is 0.580. The van der Waals surface area contributed by atoms with Gasteiger partial charge in [-0.3, -0.25) is 4.90 Å². The van der Waals surface area contributed by atoms with E-state index < -0.39 is 0 Å². The van der Waals surface area contributed by atoms with Crippen LogP contribution in [0.25, 0.3) is 0 Å². The van der Waals surface area contributed by atoms with Gasteiger partial charge < -0.3 is 5.32 Å². The number of nitrogens with zero attached hydrogens (tertiary/aromatic N) is 1. The van der Waals surface area contributed by atoms with E-state index in [1.807, 2.05) is 0 Å². The van der Waals surface area contributed by atoms with E-state index in [4.69, 9.17) is 0 Å². The van der Waals surface area contributed by atoms with Crippen LogP contribution >= 0.6 is 15.9 Å². The first-order valence-corrected chi connectivity index (χ1v) is 7.67. The van der Waals surface area contributed by atoms with Crippen LogP contribution in [0.5, 0.6) is 0 Å². The summed E-state index contributed by atoms with van der Waals surface area (Å²) in [6.07, 6.45) is 2.65. The Kier molecular flexibility index (Phi) is 5.22. The van der Waals surface area contributed by atoms with Gasteiger partial charge in [-0.1, -0.05) is 48.0 Å². The number of rotatable bonds is 5. The molecule has 1 aliphatic rings. The van der Waals surface area contributed by atoms with Crippen molar-refractivity contribution in [2.75, 3.05) is 13.1 Å². The van der Waals surface area contributed by atoms with Crippen molar-refractivity contribution < 1.29 is 0 Å². The predicted octanol–water partition coefficient (Wildman–Crippen LogP) is 3.41. The molecule has 100 valence electrons. The zero-order chi connectivity index (χ0) is 13.0. The summed E-state index contributed by atoms with van der Waals surface area (Å²) in [6, 6.07) is 9.82. The second kappa shape index (κ2) is 6.69. The molecule has 2 nitrogen and oxygen atoms in total. The minimum Gasteiger partial charge on any atom is -0.313 e. The van der Waals surface area contributed by atoms with Crippen molar-refractivity contribution in [1.29, 1.82) is 0 Å². The van der Waals surface area contributed by atoms with Crippen molar-refractivity contribution in [3.05, 3.63) is 34.3 Å². The van der Waals surface area contributed by atoms with Gasteiger partial charge in [0.25, 0.3) is 0 Å². The quantitative estimate of drug-likeness (QED) is 0.896. The number of likely N-dealkylation sites (tertiary alicyclic amines) is 1. The van der Waals surface area contributed by atoms with Gasteiger partial charge in [0, 0.05) is 29.6 Å². The standard InChI is InChI=1S/C15H23BrN2/c1-12(2)17-10-14-7-5-9-18(14)11-13-6-3-4-8-15(13)16/h3-4,6,8,12,14,17H,5,7,9-11H2,1-2H3. The van der Waals surface area contributed by atoms with E-state index in [1.165, 1.54) is 29.4 Å². The maximum Gasteiger partial charge on any atom is 0.0248 e. The van der Waals surface area contributed by atoms with E-state index in [0.29, 0.717) is 12.1 Å². The average molecular weight is 311 g/mol. The van der Waals surface area contributed by atoms with Gasteiger partial charge in [-0.2, -0.15) is 0 Å². The number of hydrogen-bond donors (Lipinski definition) is 1. The summed E-state index contributed by atoms with van der Waals surface area (Å²) in [6.45, 7) is 7.83. The molecule has 0 amide bonds. The van der Waals surface area contributed by atoms with Crippen molar-refractivity contribution in [3.8, 4) is 0 Å². The van der Waals surface area contributed by atoms with E-state index >= 15 is 0 Å². The minimum atomic E-state index is 0.580. The Balaban J connectivity index is 1.93. The SMILES string of the molecule is CC(C)NCC1CCCN1Cc1ccccc1Br. The Morgan fingerprint density at radius 2 is 2.17 bits per heavy atom. The molecule has 0 aliphatic carbocycles. The van der Waals surface area contributed by atoms with Crippen LogP contribution in [0.4, 0.5) is 0 Å². The highest BCUT2D eigenvalue weighted by Gasteiger charge is 2.24. The molecule has 0 aromatic heterocycles. The van der Waals surface area contributed by atoms with Crippen LogP contribution in [0, 0.1) is 0 Å². The summed E-state index contributed by atoms with van der Waals surface area (Å²) in [5, 5.41) is 3.56. The molecule has 1 saturated heterocycles. The van der Waals surface area contributed by atoms with Crippen molar-refractivity contribution in [2.24, 2.45) is 0 Å². The number of nitrogens with one attached hydrogen (secondary N) is 1. The molecule has 0 radical (unpaired) electrons. The molecular weight excluding hydrogens is 288 g/mol. The molecule has 1 heterocycles. The number of benzene rings is 1. The number of halogens is 1. The molecule has 1 fully saturated rings. The fraction of sp³-hybridized carbons (Fsp3) is 0.600. The van der Waals surface area contributed by atoms with Gasteiger partial charge in [-0.25, -0.2) is 0 Å². The first-order valence-electron chi connectivity index (χ1n) is 6.87. The lowest BCUT2D eigenvalue weighted by Crippen LogP contribution is -2.39. The first kappa shape index (κ1) is 14.0. The lowest BCUT2D eigenvalue weighted by Gasteiger charge is -2.26. The monoisotopic (exact) mass is 310 g/mol. The zero-order valence-electron chi connectivity index (χ0n) is 11.3. The van der Waals surface area contributed by atoms with Crippen molar-refractivity contribution in [3.63, 3.8) is 0 Å². The van der Waals surface area contributed by atoms with Gasteiger partial charge in [0.15, 0.2) is 0 Å². The molecule has 1 unspecified atom stereocenters. The zero-order valence-corrected chi connectivity index (χ0v) is 12.9. The Morgan fingerprint density at radius 3 is 2.89 bits per heavy atom. The molecule has 1 aromatic rings. The predicted molar refractivity (Wildman–Crippen MR) is 80.7 cm³/mol. The maximum absolute atomic E-state index is 3.64. The van der Waals surface area contributed by atoms with E-state index in [2.05, 4.69) is 64.3 Å². The highest BCUT2D eigenvalue weighted by atomic mass is 79.9. The maximum atomic E-state index is 3.64. The summed E-state index contributed by atoms with van der Waals surface area (Å²) in [7, 11) is 0. The van der Waals surface area contributed by atoms with Crippen LogP contribution in [0.1, 0.15) is 32.3 Å². The van der Waals surface area contributed by atoms with Gasteiger partial charge in [0.1, 0.15) is 0 Å². The molecule has 1 N–H and O–H groups in total. The second-order valence-electron chi connectivity index (χ2n) is 5.42. The Labute approximate surface area is 119 Å². The summed E-state index contributed by atoms with van der Waals surface area (Å²) in [5.41, 5.74) is 1.40. The van der Waals surface area contributed by atoms with Gasteiger partial charge in [0.2, 0.25) is 0 Å². The normalized spacial score (nSPS) is 20.8. The smallest absolute Gasteiger partial charge is 0.0248 e. The van der Waals surface area contributed by atoms with Crippen molar-refractivity contribution in [2.45, 2.75) is 45.3 Å². The summed E-state index contributed by atoms with van der Waals surface area (Å²) < 4.78 is 1.23. The second-order valence-corrected chi connectivity index (χ2v) is 6.28. The van der Waals surface area contributed by atoms with Crippen molar-refractivity contribution in [1.82, 2.24) is 10.2 Å². The molecule has 1 aliphatic heterocycles. The third-order valence-corrected chi connectivity index (χ3v) is 4.37. The van der Waals surface area contributed by atoms with Crippen molar-refractivity contribution >= 4 is 15.9 Å². The summed E-state index contributed by atoms with van der Waals surface area (Å²) in [5.74, 6) is 0. The molecule has 1 atom stereocenters. The van der Waals surface area contributed by atoms with Crippen LogP contribution in [-0.2, 0) is 6.54 Å². The van der Waals surface area contributed by atoms with Crippen LogP contribution in [0.15, 0.2) is 28.7 Å². The fourth-order valence-electron chi connectivity index (χ4n) is 2.55.